The summed E-state index contributed by atoms with van der Waals surface area (Å²) in [6.07, 6.45) is 1.97. The maximum atomic E-state index is 12.1. The van der Waals surface area contributed by atoms with Gasteiger partial charge in [-0.25, -0.2) is 0 Å². The van der Waals surface area contributed by atoms with Gasteiger partial charge in [-0.2, -0.15) is 8.78 Å². The number of halogens is 2. The van der Waals surface area contributed by atoms with Crippen LogP contribution in [-0.4, -0.2) is 31.8 Å². The third-order valence-corrected chi connectivity index (χ3v) is 2.84. The number of carbonyl (C=O) groups excluding carboxylic acids is 1. The van der Waals surface area contributed by atoms with E-state index >= 15 is 0 Å². The maximum Gasteiger partial charge on any atom is 0.387 e. The average molecular weight is 271 g/mol. The summed E-state index contributed by atoms with van der Waals surface area (Å²) in [4.78, 5) is 11.8. The maximum absolute atomic E-state index is 12.1. The molecule has 1 atom stereocenters. The highest BCUT2D eigenvalue weighted by atomic mass is 19.3. The zero-order valence-corrected chi connectivity index (χ0v) is 10.3. The Kier molecular flexibility index (Phi) is 4.68. The second-order valence-corrected chi connectivity index (χ2v) is 4.25. The van der Waals surface area contributed by atoms with E-state index in [-0.39, 0.29) is 23.3 Å². The molecule has 19 heavy (non-hydrogen) atoms. The lowest BCUT2D eigenvalue weighted by Crippen LogP contribution is -2.31. The Hall–Kier alpha value is -1.69. The van der Waals surface area contributed by atoms with Gasteiger partial charge in [-0.05, 0) is 31.0 Å². The highest BCUT2D eigenvalue weighted by Crippen LogP contribution is 2.16. The van der Waals surface area contributed by atoms with Crippen LogP contribution in [0.3, 0.4) is 0 Å². The largest absolute Gasteiger partial charge is 0.435 e. The normalized spacial score (nSPS) is 18.6. The summed E-state index contributed by atoms with van der Waals surface area (Å²) in [5.74, 6) is -0.352. The van der Waals surface area contributed by atoms with Crippen LogP contribution in [0.2, 0.25) is 0 Å². The molecule has 0 aromatic heterocycles. The van der Waals surface area contributed by atoms with Gasteiger partial charge in [-0.15, -0.1) is 0 Å². The Morgan fingerprint density at radius 1 is 1.53 bits per heavy atom. The number of nitrogens with one attached hydrogen (secondary N) is 1. The number of rotatable bonds is 5. The molecule has 1 amide bonds. The summed E-state index contributed by atoms with van der Waals surface area (Å²) in [5.41, 5.74) is 0.288. The molecule has 6 heteroatoms. The van der Waals surface area contributed by atoms with Gasteiger partial charge in [0.25, 0.3) is 5.91 Å². The average Bonchev–Trinajstić information content (AvgIpc) is 2.88. The molecule has 0 aliphatic carbocycles. The molecule has 2 rings (SSSR count). The second-order valence-electron chi connectivity index (χ2n) is 4.25. The molecule has 0 bridgehead atoms. The van der Waals surface area contributed by atoms with Crippen LogP contribution in [0.1, 0.15) is 23.2 Å². The van der Waals surface area contributed by atoms with Crippen LogP contribution < -0.4 is 10.1 Å². The fourth-order valence-corrected chi connectivity index (χ4v) is 1.93. The lowest BCUT2D eigenvalue weighted by Gasteiger charge is -2.11. The van der Waals surface area contributed by atoms with E-state index in [1.807, 2.05) is 0 Å². The fourth-order valence-electron chi connectivity index (χ4n) is 1.93. The molecule has 1 saturated heterocycles. The van der Waals surface area contributed by atoms with Crippen molar-refractivity contribution in [3.63, 3.8) is 0 Å². The number of carbonyl (C=O) groups is 1. The third kappa shape index (κ3) is 4.17. The molecule has 0 saturated carbocycles. The summed E-state index contributed by atoms with van der Waals surface area (Å²) >= 11 is 0. The first-order valence-electron chi connectivity index (χ1n) is 6.10. The fraction of sp³-hybridized carbons (Fsp3) is 0.462. The van der Waals surface area contributed by atoms with Crippen molar-refractivity contribution in [1.29, 1.82) is 0 Å². The van der Waals surface area contributed by atoms with E-state index in [0.29, 0.717) is 6.54 Å². The first kappa shape index (κ1) is 13.7. The van der Waals surface area contributed by atoms with Crippen molar-refractivity contribution in [2.24, 2.45) is 0 Å². The van der Waals surface area contributed by atoms with Crippen molar-refractivity contribution in [3.8, 4) is 5.75 Å². The SMILES string of the molecule is O=C(NCC1CCCO1)c1cccc(OC(F)F)c1. The monoisotopic (exact) mass is 271 g/mol. The highest BCUT2D eigenvalue weighted by molar-refractivity contribution is 5.94. The van der Waals surface area contributed by atoms with Crippen LogP contribution in [-0.2, 0) is 4.74 Å². The van der Waals surface area contributed by atoms with Crippen LogP contribution in [0.5, 0.6) is 5.75 Å². The predicted octanol–water partition coefficient (Wildman–Crippen LogP) is 2.20. The summed E-state index contributed by atoms with van der Waals surface area (Å²) in [6, 6.07) is 5.71. The first-order chi connectivity index (χ1) is 9.15. The Labute approximate surface area is 109 Å². The molecule has 1 aliphatic heterocycles. The van der Waals surface area contributed by atoms with Crippen LogP contribution in [0, 0.1) is 0 Å². The van der Waals surface area contributed by atoms with E-state index < -0.39 is 6.61 Å². The molecular formula is C13H15F2NO3. The number of ether oxygens (including phenoxy) is 2. The molecule has 1 heterocycles. The summed E-state index contributed by atoms with van der Waals surface area (Å²) in [7, 11) is 0. The number of benzene rings is 1. The summed E-state index contributed by atoms with van der Waals surface area (Å²) in [5, 5.41) is 2.71. The van der Waals surface area contributed by atoms with Crippen LogP contribution >= 0.6 is 0 Å². The van der Waals surface area contributed by atoms with Crippen LogP contribution in [0.25, 0.3) is 0 Å². The zero-order valence-electron chi connectivity index (χ0n) is 10.3. The Bertz CT molecular complexity index is 434. The smallest absolute Gasteiger partial charge is 0.387 e. The molecule has 4 nitrogen and oxygen atoms in total. The topological polar surface area (TPSA) is 47.6 Å². The summed E-state index contributed by atoms with van der Waals surface area (Å²) < 4.78 is 33.8. The lowest BCUT2D eigenvalue weighted by molar-refractivity contribution is -0.0498. The zero-order chi connectivity index (χ0) is 13.7. The number of hydrogen-bond donors (Lipinski definition) is 1. The molecule has 1 aromatic rings. The molecule has 0 spiro atoms. The van der Waals surface area contributed by atoms with E-state index in [1.165, 1.54) is 18.2 Å². The molecular weight excluding hydrogens is 256 g/mol. The van der Waals surface area contributed by atoms with Gasteiger partial charge in [0.1, 0.15) is 5.75 Å². The van der Waals surface area contributed by atoms with Crippen molar-refractivity contribution in [2.45, 2.75) is 25.6 Å². The number of amides is 1. The van der Waals surface area contributed by atoms with Crippen molar-refractivity contribution in [2.75, 3.05) is 13.2 Å². The standard InChI is InChI=1S/C13H15F2NO3/c14-13(15)19-10-4-1-3-9(7-10)12(17)16-8-11-5-2-6-18-11/h1,3-4,7,11,13H,2,5-6,8H2,(H,16,17). The van der Waals surface area contributed by atoms with Gasteiger partial charge in [0.2, 0.25) is 0 Å². The number of hydrogen-bond acceptors (Lipinski definition) is 3. The van der Waals surface area contributed by atoms with Gasteiger partial charge >= 0.3 is 6.61 Å². The molecule has 1 aliphatic rings. The van der Waals surface area contributed by atoms with Crippen molar-refractivity contribution in [1.82, 2.24) is 5.32 Å². The summed E-state index contributed by atoms with van der Waals surface area (Å²) in [6.45, 7) is -1.75. The van der Waals surface area contributed by atoms with E-state index in [1.54, 1.807) is 6.07 Å². The van der Waals surface area contributed by atoms with Gasteiger partial charge in [0, 0.05) is 18.7 Å². The lowest BCUT2D eigenvalue weighted by atomic mass is 10.2. The third-order valence-electron chi connectivity index (χ3n) is 2.84. The van der Waals surface area contributed by atoms with Gasteiger partial charge in [-0.3, -0.25) is 4.79 Å². The van der Waals surface area contributed by atoms with E-state index in [2.05, 4.69) is 10.1 Å². The minimum atomic E-state index is -2.90. The Balaban J connectivity index is 1.90. The van der Waals surface area contributed by atoms with Crippen LogP contribution in [0.4, 0.5) is 8.78 Å². The quantitative estimate of drug-likeness (QED) is 0.893. The molecule has 0 radical (unpaired) electrons. The molecule has 1 aromatic carbocycles. The van der Waals surface area contributed by atoms with Crippen molar-refractivity contribution < 1.29 is 23.0 Å². The number of alkyl halides is 2. The first-order valence-corrected chi connectivity index (χ1v) is 6.10. The van der Waals surface area contributed by atoms with Gasteiger partial charge in [-0.1, -0.05) is 6.07 Å². The van der Waals surface area contributed by atoms with Crippen molar-refractivity contribution in [3.05, 3.63) is 29.8 Å². The van der Waals surface area contributed by atoms with Gasteiger partial charge in [0.15, 0.2) is 0 Å². The van der Waals surface area contributed by atoms with E-state index in [0.717, 1.165) is 19.4 Å². The van der Waals surface area contributed by atoms with E-state index in [9.17, 15) is 13.6 Å². The van der Waals surface area contributed by atoms with Crippen molar-refractivity contribution >= 4 is 5.91 Å². The Morgan fingerprint density at radius 3 is 3.05 bits per heavy atom. The predicted molar refractivity (Wildman–Crippen MR) is 64.4 cm³/mol. The highest BCUT2D eigenvalue weighted by Gasteiger charge is 2.17. The molecule has 1 fully saturated rings. The second kappa shape index (κ2) is 6.47. The molecule has 104 valence electrons. The molecule has 1 N–H and O–H groups in total. The van der Waals surface area contributed by atoms with Gasteiger partial charge in [0.05, 0.1) is 6.10 Å². The van der Waals surface area contributed by atoms with E-state index in [4.69, 9.17) is 4.74 Å². The van der Waals surface area contributed by atoms with Gasteiger partial charge < -0.3 is 14.8 Å². The molecule has 1 unspecified atom stereocenters. The minimum Gasteiger partial charge on any atom is -0.435 e. The van der Waals surface area contributed by atoms with Crippen LogP contribution in [0.15, 0.2) is 24.3 Å². The Morgan fingerprint density at radius 2 is 2.37 bits per heavy atom. The minimum absolute atomic E-state index is 0.0280.